The maximum Gasteiger partial charge on any atom is 0.251 e. The summed E-state index contributed by atoms with van der Waals surface area (Å²) in [6.07, 6.45) is -1.03. The number of aliphatic hydroxyl groups is 1. The molecule has 2 amide bonds. The highest BCUT2D eigenvalue weighted by Gasteiger charge is 2.11. The molecular formula is C16H17N3O4. The van der Waals surface area contributed by atoms with Crippen LogP contribution in [0, 0.1) is 0 Å². The molecule has 0 fully saturated rings. The van der Waals surface area contributed by atoms with Crippen LogP contribution in [0.4, 0.5) is 0 Å². The molecule has 0 saturated carbocycles. The van der Waals surface area contributed by atoms with Crippen LogP contribution in [0.3, 0.4) is 0 Å². The Hall–Kier alpha value is -2.93. The second-order valence-electron chi connectivity index (χ2n) is 4.84. The van der Waals surface area contributed by atoms with Crippen LogP contribution in [0.15, 0.2) is 53.3 Å². The fourth-order valence-electron chi connectivity index (χ4n) is 1.89. The number of nitrogens with one attached hydrogen (secondary N) is 3. The van der Waals surface area contributed by atoms with Crippen molar-refractivity contribution in [1.29, 1.82) is 0 Å². The zero-order chi connectivity index (χ0) is 16.7. The summed E-state index contributed by atoms with van der Waals surface area (Å²) in [4.78, 5) is 37.1. The van der Waals surface area contributed by atoms with Crippen LogP contribution in [-0.4, -0.2) is 35.0 Å². The number of carbonyl (C=O) groups excluding carboxylic acids is 2. The third kappa shape index (κ3) is 5.08. The molecule has 1 unspecified atom stereocenters. The van der Waals surface area contributed by atoms with E-state index in [2.05, 4.69) is 15.6 Å². The first-order valence-corrected chi connectivity index (χ1v) is 7.03. The van der Waals surface area contributed by atoms with E-state index in [1.807, 2.05) is 0 Å². The molecule has 23 heavy (non-hydrogen) atoms. The van der Waals surface area contributed by atoms with E-state index in [-0.39, 0.29) is 24.6 Å². The van der Waals surface area contributed by atoms with Gasteiger partial charge in [-0.05, 0) is 18.2 Å². The van der Waals surface area contributed by atoms with Crippen molar-refractivity contribution in [1.82, 2.24) is 15.6 Å². The van der Waals surface area contributed by atoms with Crippen molar-refractivity contribution in [2.24, 2.45) is 0 Å². The lowest BCUT2D eigenvalue weighted by Crippen LogP contribution is -2.38. The highest BCUT2D eigenvalue weighted by atomic mass is 16.3. The topological polar surface area (TPSA) is 111 Å². The van der Waals surface area contributed by atoms with E-state index in [4.69, 9.17) is 0 Å². The Balaban J connectivity index is 1.77. The van der Waals surface area contributed by atoms with Gasteiger partial charge in [0.2, 0.25) is 11.5 Å². The van der Waals surface area contributed by atoms with Gasteiger partial charge in [-0.2, -0.15) is 0 Å². The number of H-pyrrole nitrogens is 1. The number of hydrogen-bond acceptors (Lipinski definition) is 4. The van der Waals surface area contributed by atoms with Crippen molar-refractivity contribution in [3.8, 4) is 0 Å². The lowest BCUT2D eigenvalue weighted by Gasteiger charge is -2.12. The third-order valence-electron chi connectivity index (χ3n) is 3.09. The lowest BCUT2D eigenvalue weighted by molar-refractivity contribution is -0.120. The Bertz CT molecular complexity index is 727. The summed E-state index contributed by atoms with van der Waals surface area (Å²) in [6.45, 7) is -0.272. The first kappa shape index (κ1) is 16.4. The standard InChI is InChI=1S/C16H17N3O4/c20-13(12-7-4-8-14(21)19-12)9-17-15(22)10-18-16(23)11-5-2-1-3-6-11/h1-8,13,20H,9-10H2,(H,17,22)(H,18,23)(H,19,21). The van der Waals surface area contributed by atoms with Gasteiger partial charge in [-0.3, -0.25) is 14.4 Å². The van der Waals surface area contributed by atoms with Gasteiger partial charge in [0, 0.05) is 23.9 Å². The van der Waals surface area contributed by atoms with Crippen LogP contribution in [-0.2, 0) is 4.79 Å². The molecule has 0 saturated heterocycles. The first-order valence-electron chi connectivity index (χ1n) is 7.03. The molecule has 120 valence electrons. The summed E-state index contributed by atoms with van der Waals surface area (Å²) in [7, 11) is 0. The first-order chi connectivity index (χ1) is 11.1. The molecule has 7 heteroatoms. The lowest BCUT2D eigenvalue weighted by atomic mass is 10.2. The predicted octanol–water partition coefficient (Wildman–Crippen LogP) is -0.0455. The van der Waals surface area contributed by atoms with Crippen molar-refractivity contribution in [3.63, 3.8) is 0 Å². The number of benzene rings is 1. The van der Waals surface area contributed by atoms with Crippen LogP contribution in [0.2, 0.25) is 0 Å². The molecule has 0 radical (unpaired) electrons. The fraction of sp³-hybridized carbons (Fsp3) is 0.188. The number of pyridine rings is 1. The average Bonchev–Trinajstić information content (AvgIpc) is 2.58. The van der Waals surface area contributed by atoms with Crippen LogP contribution >= 0.6 is 0 Å². The second-order valence-corrected chi connectivity index (χ2v) is 4.84. The second kappa shape index (κ2) is 7.90. The Kier molecular flexibility index (Phi) is 5.65. The third-order valence-corrected chi connectivity index (χ3v) is 3.09. The molecular weight excluding hydrogens is 298 g/mol. The molecule has 4 N–H and O–H groups in total. The van der Waals surface area contributed by atoms with E-state index >= 15 is 0 Å². The number of rotatable bonds is 6. The van der Waals surface area contributed by atoms with Crippen LogP contribution in [0.1, 0.15) is 22.2 Å². The normalized spacial score (nSPS) is 11.5. The highest BCUT2D eigenvalue weighted by molar-refractivity contribution is 5.96. The number of aromatic nitrogens is 1. The minimum Gasteiger partial charge on any atom is -0.385 e. The summed E-state index contributed by atoms with van der Waals surface area (Å²) < 4.78 is 0. The van der Waals surface area contributed by atoms with Crippen molar-refractivity contribution in [2.75, 3.05) is 13.1 Å². The largest absolute Gasteiger partial charge is 0.385 e. The van der Waals surface area contributed by atoms with Gasteiger partial charge in [-0.15, -0.1) is 0 Å². The van der Waals surface area contributed by atoms with Gasteiger partial charge in [0.05, 0.1) is 6.54 Å². The van der Waals surface area contributed by atoms with Gasteiger partial charge in [0.1, 0.15) is 6.10 Å². The molecule has 0 spiro atoms. The fourth-order valence-corrected chi connectivity index (χ4v) is 1.89. The van der Waals surface area contributed by atoms with E-state index in [1.54, 1.807) is 36.4 Å². The maximum atomic E-state index is 11.8. The predicted molar refractivity (Wildman–Crippen MR) is 83.8 cm³/mol. The molecule has 1 heterocycles. The summed E-state index contributed by atoms with van der Waals surface area (Å²) in [5.74, 6) is -0.791. The van der Waals surface area contributed by atoms with Crippen LogP contribution < -0.4 is 16.2 Å². The molecule has 2 aromatic rings. The Morgan fingerprint density at radius 2 is 1.78 bits per heavy atom. The molecule has 1 atom stereocenters. The van der Waals surface area contributed by atoms with E-state index in [0.717, 1.165) is 0 Å². The van der Waals surface area contributed by atoms with Crippen molar-refractivity contribution < 1.29 is 14.7 Å². The molecule has 0 aliphatic heterocycles. The molecule has 7 nitrogen and oxygen atoms in total. The van der Waals surface area contributed by atoms with Crippen molar-refractivity contribution in [3.05, 3.63) is 70.1 Å². The SMILES string of the molecule is O=C(CNC(=O)c1ccccc1)NCC(O)c1cccc(=O)[nH]1. The number of hydrogen-bond donors (Lipinski definition) is 4. The summed E-state index contributed by atoms with van der Waals surface area (Å²) in [5.41, 5.74) is 0.441. The summed E-state index contributed by atoms with van der Waals surface area (Å²) >= 11 is 0. The highest BCUT2D eigenvalue weighted by Crippen LogP contribution is 2.05. The Morgan fingerprint density at radius 1 is 1.04 bits per heavy atom. The van der Waals surface area contributed by atoms with Gasteiger partial charge >= 0.3 is 0 Å². The molecule has 1 aromatic heterocycles. The zero-order valence-electron chi connectivity index (χ0n) is 12.3. The molecule has 2 rings (SSSR count). The number of aliphatic hydroxyl groups excluding tert-OH is 1. The van der Waals surface area contributed by atoms with Gasteiger partial charge in [0.15, 0.2) is 0 Å². The maximum absolute atomic E-state index is 11.8. The number of carbonyl (C=O) groups is 2. The van der Waals surface area contributed by atoms with Crippen LogP contribution in [0.25, 0.3) is 0 Å². The monoisotopic (exact) mass is 315 g/mol. The average molecular weight is 315 g/mol. The molecule has 1 aromatic carbocycles. The van der Waals surface area contributed by atoms with Gasteiger partial charge in [0.25, 0.3) is 5.91 Å². The van der Waals surface area contributed by atoms with Crippen molar-refractivity contribution >= 4 is 11.8 Å². The Morgan fingerprint density at radius 3 is 2.48 bits per heavy atom. The minimum absolute atomic E-state index is 0.0695. The van der Waals surface area contributed by atoms with E-state index in [1.165, 1.54) is 12.1 Å². The molecule has 0 aliphatic carbocycles. The Labute approximate surface area is 132 Å². The minimum atomic E-state index is -1.03. The zero-order valence-corrected chi connectivity index (χ0v) is 12.3. The van der Waals surface area contributed by atoms with Gasteiger partial charge < -0.3 is 20.7 Å². The van der Waals surface area contributed by atoms with Gasteiger partial charge in [-0.1, -0.05) is 24.3 Å². The van der Waals surface area contributed by atoms with E-state index in [9.17, 15) is 19.5 Å². The quantitative estimate of drug-likeness (QED) is 0.599. The summed E-state index contributed by atoms with van der Waals surface area (Å²) in [5, 5.41) is 14.8. The number of aromatic amines is 1. The van der Waals surface area contributed by atoms with Crippen molar-refractivity contribution in [2.45, 2.75) is 6.10 Å². The van der Waals surface area contributed by atoms with E-state index in [0.29, 0.717) is 11.3 Å². The van der Waals surface area contributed by atoms with Crippen LogP contribution in [0.5, 0.6) is 0 Å². The number of amides is 2. The summed E-state index contributed by atoms with van der Waals surface area (Å²) in [6, 6.07) is 12.9. The van der Waals surface area contributed by atoms with Gasteiger partial charge in [-0.25, -0.2) is 0 Å². The molecule has 0 aliphatic rings. The smallest absolute Gasteiger partial charge is 0.251 e. The molecule has 0 bridgehead atoms. The van der Waals surface area contributed by atoms with E-state index < -0.39 is 12.0 Å².